The number of nitrogens with one attached hydrogen (secondary N) is 1. The van der Waals surface area contributed by atoms with Crippen molar-refractivity contribution >= 4 is 29.3 Å². The van der Waals surface area contributed by atoms with Gasteiger partial charge in [0.1, 0.15) is 12.0 Å². The first kappa shape index (κ1) is 19.2. The van der Waals surface area contributed by atoms with Gasteiger partial charge in [-0.05, 0) is 18.6 Å². The molecule has 0 saturated carbocycles. The summed E-state index contributed by atoms with van der Waals surface area (Å²) in [4.78, 5) is 36.8. The quantitative estimate of drug-likeness (QED) is 0.778. The molecule has 0 spiro atoms. The zero-order valence-corrected chi connectivity index (χ0v) is 15.4. The van der Waals surface area contributed by atoms with Crippen molar-refractivity contribution in [2.75, 3.05) is 28.2 Å². The Morgan fingerprint density at radius 3 is 2.86 bits per heavy atom. The van der Waals surface area contributed by atoms with Gasteiger partial charge in [0.25, 0.3) is 0 Å². The van der Waals surface area contributed by atoms with Crippen molar-refractivity contribution in [3.63, 3.8) is 0 Å². The Balaban J connectivity index is 1.63. The minimum Gasteiger partial charge on any atom is -0.432 e. The van der Waals surface area contributed by atoms with Crippen LogP contribution in [0.5, 0.6) is 0 Å². The third-order valence-corrected chi connectivity index (χ3v) is 5.15. The van der Waals surface area contributed by atoms with Gasteiger partial charge in [0.05, 0.1) is 23.8 Å². The van der Waals surface area contributed by atoms with E-state index < -0.39 is 30.3 Å². The average Bonchev–Trinajstić information content (AvgIpc) is 3.31. The van der Waals surface area contributed by atoms with Crippen LogP contribution in [0.4, 0.5) is 35.5 Å². The highest BCUT2D eigenvalue weighted by molar-refractivity contribution is 6.04. The zero-order valence-electron chi connectivity index (χ0n) is 15.4. The van der Waals surface area contributed by atoms with Crippen LogP contribution < -0.4 is 15.1 Å². The number of carbonyl (C=O) groups is 2. The third kappa shape index (κ3) is 3.64. The predicted molar refractivity (Wildman–Crippen MR) is 97.0 cm³/mol. The molecular formula is C18H18F3N5O3. The molecule has 0 radical (unpaired) electrons. The van der Waals surface area contributed by atoms with Gasteiger partial charge in [0.2, 0.25) is 0 Å². The number of halogens is 3. The van der Waals surface area contributed by atoms with Crippen LogP contribution >= 0.6 is 0 Å². The Bertz CT molecular complexity index is 931. The highest BCUT2D eigenvalue weighted by Gasteiger charge is 2.41. The van der Waals surface area contributed by atoms with E-state index in [4.69, 9.17) is 4.42 Å². The number of pyridine rings is 1. The average molecular weight is 409 g/mol. The fourth-order valence-electron chi connectivity index (χ4n) is 3.56. The molecule has 2 aromatic rings. The van der Waals surface area contributed by atoms with Crippen LogP contribution in [0.25, 0.3) is 0 Å². The molecule has 2 aromatic heterocycles. The van der Waals surface area contributed by atoms with Gasteiger partial charge in [0.15, 0.2) is 11.6 Å². The van der Waals surface area contributed by atoms with Gasteiger partial charge in [-0.2, -0.15) is 13.2 Å². The van der Waals surface area contributed by atoms with Gasteiger partial charge in [-0.25, -0.2) is 14.8 Å². The van der Waals surface area contributed by atoms with Gasteiger partial charge in [-0.15, -0.1) is 0 Å². The molecule has 4 heterocycles. The fraction of sp³-hybridized carbons (Fsp3) is 0.444. The molecule has 29 heavy (non-hydrogen) atoms. The van der Waals surface area contributed by atoms with E-state index in [1.807, 2.05) is 4.90 Å². The molecule has 4 rings (SSSR count). The molecule has 2 atom stereocenters. The number of urea groups is 1. The van der Waals surface area contributed by atoms with E-state index in [2.05, 4.69) is 15.3 Å². The molecule has 11 heteroatoms. The number of amides is 2. The highest BCUT2D eigenvalue weighted by atomic mass is 19.4. The van der Waals surface area contributed by atoms with Gasteiger partial charge in [-0.3, -0.25) is 15.0 Å². The van der Waals surface area contributed by atoms with E-state index in [1.165, 1.54) is 23.4 Å². The minimum atomic E-state index is -4.46. The van der Waals surface area contributed by atoms with Gasteiger partial charge >= 0.3 is 18.2 Å². The van der Waals surface area contributed by atoms with Crippen molar-refractivity contribution in [1.29, 1.82) is 0 Å². The number of hydrogen-bond acceptors (Lipinski definition) is 6. The number of fused-ring (bicyclic) bond motifs is 4. The number of aromatic nitrogens is 2. The van der Waals surface area contributed by atoms with Crippen LogP contribution in [0.1, 0.15) is 30.3 Å². The lowest BCUT2D eigenvalue weighted by molar-refractivity contribution is -0.168. The van der Waals surface area contributed by atoms with E-state index in [0.29, 0.717) is 25.2 Å². The summed E-state index contributed by atoms with van der Waals surface area (Å²) in [5, 5.41) is 2.53. The maximum Gasteiger partial charge on any atom is 0.391 e. The molecule has 8 nitrogen and oxygen atoms in total. The lowest BCUT2D eigenvalue weighted by atomic mass is 10.0. The first-order valence-corrected chi connectivity index (χ1v) is 9.09. The summed E-state index contributed by atoms with van der Waals surface area (Å²) in [5.41, 5.74) is 0.554. The smallest absolute Gasteiger partial charge is 0.391 e. The van der Waals surface area contributed by atoms with Crippen LogP contribution in [0.3, 0.4) is 0 Å². The van der Waals surface area contributed by atoms with E-state index >= 15 is 0 Å². The normalized spacial score (nSPS) is 19.1. The van der Waals surface area contributed by atoms with Gasteiger partial charge in [-0.1, -0.05) is 6.92 Å². The largest absolute Gasteiger partial charge is 0.432 e. The maximum absolute atomic E-state index is 12.8. The number of anilines is 3. The molecule has 0 aliphatic carbocycles. The van der Waals surface area contributed by atoms with Crippen molar-refractivity contribution in [3.8, 4) is 0 Å². The number of nitrogens with zero attached hydrogens (tertiary/aromatic N) is 4. The first-order valence-electron chi connectivity index (χ1n) is 9.09. The second-order valence-electron chi connectivity index (χ2n) is 7.14. The summed E-state index contributed by atoms with van der Waals surface area (Å²) in [6.07, 6.45) is -1.77. The molecule has 154 valence electrons. The van der Waals surface area contributed by atoms with Crippen molar-refractivity contribution in [2.24, 2.45) is 5.92 Å². The molecule has 0 aromatic carbocycles. The zero-order chi connectivity index (χ0) is 20.8. The molecule has 2 aliphatic heterocycles. The summed E-state index contributed by atoms with van der Waals surface area (Å²) < 4.78 is 43.4. The van der Waals surface area contributed by atoms with Gasteiger partial charge in [0, 0.05) is 19.5 Å². The molecule has 2 aliphatic rings. The summed E-state index contributed by atoms with van der Waals surface area (Å²) in [6.45, 7) is 2.27. The van der Waals surface area contributed by atoms with Crippen LogP contribution in [-0.4, -0.2) is 47.1 Å². The van der Waals surface area contributed by atoms with Crippen LogP contribution in [0.15, 0.2) is 29.0 Å². The minimum absolute atomic E-state index is 0.0169. The Hall–Kier alpha value is -3.11. The SMILES string of the molecule is C[C@@H](CC(=O)c1ccc2c(n1)N(C(=O)Nc1ncco1)[C@H]1CCN2C1)C(F)(F)F. The summed E-state index contributed by atoms with van der Waals surface area (Å²) in [6, 6.07) is 2.35. The van der Waals surface area contributed by atoms with Crippen molar-refractivity contribution in [1.82, 2.24) is 9.97 Å². The van der Waals surface area contributed by atoms with Crippen molar-refractivity contribution < 1.29 is 27.2 Å². The topological polar surface area (TPSA) is 91.6 Å². The van der Waals surface area contributed by atoms with E-state index in [9.17, 15) is 22.8 Å². The van der Waals surface area contributed by atoms with E-state index in [1.54, 1.807) is 6.07 Å². The van der Waals surface area contributed by atoms with E-state index in [-0.39, 0.29) is 23.6 Å². The third-order valence-electron chi connectivity index (χ3n) is 5.15. The van der Waals surface area contributed by atoms with Crippen LogP contribution in [-0.2, 0) is 0 Å². The molecule has 1 N–H and O–H groups in total. The Labute approximate surface area is 163 Å². The lowest BCUT2D eigenvalue weighted by Crippen LogP contribution is -2.48. The van der Waals surface area contributed by atoms with Crippen LogP contribution in [0.2, 0.25) is 0 Å². The number of Topliss-reactive ketones (excluding diaryl/α,β-unsaturated/α-hetero) is 1. The molecule has 1 fully saturated rings. The van der Waals surface area contributed by atoms with Crippen LogP contribution in [0, 0.1) is 5.92 Å². The van der Waals surface area contributed by atoms with Crippen molar-refractivity contribution in [2.45, 2.75) is 32.0 Å². The first-order chi connectivity index (χ1) is 13.7. The monoisotopic (exact) mass is 409 g/mol. The molecule has 1 saturated heterocycles. The van der Waals surface area contributed by atoms with E-state index in [0.717, 1.165) is 6.92 Å². The number of oxazole rings is 1. The number of ketones is 1. The molecular weight excluding hydrogens is 391 g/mol. The number of rotatable bonds is 4. The standard InChI is InChI=1S/C18H18F3N5O3/c1-10(18(19,20)21)8-14(27)12-2-3-13-15(23-12)26(11-4-6-25(13)9-11)17(28)24-16-22-5-7-29-16/h2-3,5,7,10-11H,4,6,8-9H2,1H3,(H,22,24,28)/t10-,11-/m0/s1. The highest BCUT2D eigenvalue weighted by Crippen LogP contribution is 2.39. The Kier molecular flexibility index (Phi) is 4.67. The molecule has 0 unspecified atom stereocenters. The second-order valence-corrected chi connectivity index (χ2v) is 7.14. The summed E-state index contributed by atoms with van der Waals surface area (Å²) >= 11 is 0. The lowest BCUT2D eigenvalue weighted by Gasteiger charge is -2.35. The molecule has 2 amide bonds. The predicted octanol–water partition coefficient (Wildman–Crippen LogP) is 3.47. The Morgan fingerprint density at radius 1 is 1.38 bits per heavy atom. The maximum atomic E-state index is 12.8. The Morgan fingerprint density at radius 2 is 2.17 bits per heavy atom. The fourth-order valence-corrected chi connectivity index (χ4v) is 3.56. The summed E-state index contributed by atoms with van der Waals surface area (Å²) in [5.74, 6) is -2.26. The second kappa shape index (κ2) is 7.05. The molecule has 2 bridgehead atoms. The number of hydrogen-bond donors (Lipinski definition) is 1. The number of alkyl halides is 3. The van der Waals surface area contributed by atoms with Crippen molar-refractivity contribution in [3.05, 3.63) is 30.3 Å². The summed E-state index contributed by atoms with van der Waals surface area (Å²) in [7, 11) is 0. The van der Waals surface area contributed by atoms with Gasteiger partial charge < -0.3 is 9.32 Å². The number of carbonyl (C=O) groups excluding carboxylic acids is 2.